The predicted octanol–water partition coefficient (Wildman–Crippen LogP) is 2.52. The first-order valence-electron chi connectivity index (χ1n) is 5.97. The summed E-state index contributed by atoms with van der Waals surface area (Å²) in [7, 11) is 0. The second kappa shape index (κ2) is 7.69. The van der Waals surface area contributed by atoms with Gasteiger partial charge in [0.15, 0.2) is 0 Å². The summed E-state index contributed by atoms with van der Waals surface area (Å²) in [6.45, 7) is 7.94. The Morgan fingerprint density at radius 1 is 1.47 bits per heavy atom. The van der Waals surface area contributed by atoms with Crippen molar-refractivity contribution in [3.8, 4) is 0 Å². The van der Waals surface area contributed by atoms with Crippen LogP contribution < -0.4 is 0 Å². The normalized spacial score (nSPS) is 22.8. The largest absolute Gasteiger partial charge is 0.462 e. The molecule has 3 heteroatoms. The van der Waals surface area contributed by atoms with E-state index in [1.54, 1.807) is 0 Å². The third kappa shape index (κ3) is 5.78. The zero-order valence-electron chi connectivity index (χ0n) is 10.3. The number of carbonyl (C=O) groups is 1. The molecule has 15 heavy (non-hydrogen) atoms. The number of hydrogen-bond donors (Lipinski definition) is 1. The van der Waals surface area contributed by atoms with Gasteiger partial charge in [0.2, 0.25) is 0 Å². The van der Waals surface area contributed by atoms with Crippen molar-refractivity contribution in [2.45, 2.75) is 65.6 Å². The summed E-state index contributed by atoms with van der Waals surface area (Å²) in [5.74, 6) is 0.118. The molecule has 0 radical (unpaired) electrons. The van der Waals surface area contributed by atoms with E-state index >= 15 is 0 Å². The van der Waals surface area contributed by atoms with Gasteiger partial charge >= 0.3 is 5.97 Å². The highest BCUT2D eigenvalue weighted by Crippen LogP contribution is 2.20. The van der Waals surface area contributed by atoms with Gasteiger partial charge in [-0.05, 0) is 18.8 Å². The monoisotopic (exact) mass is 216 g/mol. The highest BCUT2D eigenvalue weighted by atomic mass is 16.5. The fourth-order valence-electron chi connectivity index (χ4n) is 1.49. The van der Waals surface area contributed by atoms with Gasteiger partial charge in [0, 0.05) is 12.8 Å². The number of aliphatic hydroxyl groups is 1. The number of aliphatic hydroxyl groups excluding tert-OH is 1. The molecular formula is C12H24O3. The van der Waals surface area contributed by atoms with Crippen molar-refractivity contribution in [2.75, 3.05) is 0 Å². The fourth-order valence-corrected chi connectivity index (χ4v) is 1.49. The first kappa shape index (κ1) is 14.4. The zero-order chi connectivity index (χ0) is 11.8. The van der Waals surface area contributed by atoms with Gasteiger partial charge in [-0.15, -0.1) is 0 Å². The van der Waals surface area contributed by atoms with Crippen LogP contribution in [0.3, 0.4) is 0 Å². The van der Waals surface area contributed by atoms with Crippen LogP contribution in [0.4, 0.5) is 0 Å². The molecule has 1 unspecified atom stereocenters. The number of esters is 1. The van der Waals surface area contributed by atoms with Gasteiger partial charge in [-0.1, -0.05) is 27.7 Å². The minimum Gasteiger partial charge on any atom is -0.462 e. The Morgan fingerprint density at radius 2 is 2.07 bits per heavy atom. The number of cyclic esters (lactones) is 1. The van der Waals surface area contributed by atoms with Gasteiger partial charge in [0.05, 0.1) is 6.10 Å². The SMILES string of the molecule is CC.CC(C)C(O)C[C@H]1CCCC(=O)O1. The van der Waals surface area contributed by atoms with Crippen LogP contribution in [-0.4, -0.2) is 23.3 Å². The van der Waals surface area contributed by atoms with Gasteiger partial charge in [0.25, 0.3) is 0 Å². The van der Waals surface area contributed by atoms with Crippen molar-refractivity contribution in [2.24, 2.45) is 5.92 Å². The highest BCUT2D eigenvalue weighted by Gasteiger charge is 2.23. The third-order valence-corrected chi connectivity index (χ3v) is 2.48. The van der Waals surface area contributed by atoms with Gasteiger partial charge in [-0.2, -0.15) is 0 Å². The van der Waals surface area contributed by atoms with Crippen LogP contribution in [-0.2, 0) is 9.53 Å². The van der Waals surface area contributed by atoms with Crippen LogP contribution >= 0.6 is 0 Å². The number of ether oxygens (including phenoxy) is 1. The van der Waals surface area contributed by atoms with Crippen LogP contribution in [0.25, 0.3) is 0 Å². The molecule has 0 amide bonds. The lowest BCUT2D eigenvalue weighted by Gasteiger charge is -2.25. The van der Waals surface area contributed by atoms with Crippen LogP contribution in [0.5, 0.6) is 0 Å². The van der Waals surface area contributed by atoms with E-state index in [0.717, 1.165) is 12.8 Å². The molecule has 0 aliphatic carbocycles. The molecule has 90 valence electrons. The third-order valence-electron chi connectivity index (χ3n) is 2.48. The number of rotatable bonds is 3. The summed E-state index contributed by atoms with van der Waals surface area (Å²) in [4.78, 5) is 10.9. The summed E-state index contributed by atoms with van der Waals surface area (Å²) in [5, 5.41) is 9.57. The Hall–Kier alpha value is -0.570. The lowest BCUT2D eigenvalue weighted by molar-refractivity contribution is -0.155. The van der Waals surface area contributed by atoms with E-state index in [0.29, 0.717) is 12.8 Å². The maximum absolute atomic E-state index is 10.9. The standard InChI is InChI=1S/C10H18O3.C2H6/c1-7(2)9(11)6-8-4-3-5-10(12)13-8;1-2/h7-9,11H,3-6H2,1-2H3;1-2H3/t8-,9?;/m1./s1. The average Bonchev–Trinajstić information content (AvgIpc) is 2.20. The molecule has 1 heterocycles. The second-order valence-electron chi connectivity index (χ2n) is 4.05. The van der Waals surface area contributed by atoms with Crippen molar-refractivity contribution >= 4 is 5.97 Å². The molecule has 1 aliphatic heterocycles. The van der Waals surface area contributed by atoms with Crippen molar-refractivity contribution < 1.29 is 14.6 Å². The van der Waals surface area contributed by atoms with Crippen LogP contribution in [0.1, 0.15) is 53.4 Å². The van der Waals surface area contributed by atoms with Crippen molar-refractivity contribution in [1.82, 2.24) is 0 Å². The lowest BCUT2D eigenvalue weighted by atomic mass is 9.97. The van der Waals surface area contributed by atoms with E-state index in [4.69, 9.17) is 4.74 Å². The highest BCUT2D eigenvalue weighted by molar-refractivity contribution is 5.70. The molecule has 3 nitrogen and oxygen atoms in total. The average molecular weight is 216 g/mol. The smallest absolute Gasteiger partial charge is 0.306 e. The molecule has 1 saturated heterocycles. The Kier molecular flexibility index (Phi) is 7.39. The van der Waals surface area contributed by atoms with Crippen LogP contribution in [0, 0.1) is 5.92 Å². The fraction of sp³-hybridized carbons (Fsp3) is 0.917. The summed E-state index contributed by atoms with van der Waals surface area (Å²) < 4.78 is 5.11. The summed E-state index contributed by atoms with van der Waals surface area (Å²) >= 11 is 0. The van der Waals surface area contributed by atoms with Gasteiger partial charge in [-0.3, -0.25) is 4.79 Å². The van der Waals surface area contributed by atoms with Crippen molar-refractivity contribution in [3.05, 3.63) is 0 Å². The van der Waals surface area contributed by atoms with Gasteiger partial charge < -0.3 is 9.84 Å². The van der Waals surface area contributed by atoms with E-state index in [2.05, 4.69) is 0 Å². The quantitative estimate of drug-likeness (QED) is 0.737. The minimum absolute atomic E-state index is 0.0568. The maximum Gasteiger partial charge on any atom is 0.306 e. The number of carbonyl (C=O) groups excluding carboxylic acids is 1. The summed E-state index contributed by atoms with van der Waals surface area (Å²) in [6, 6.07) is 0. The van der Waals surface area contributed by atoms with Crippen molar-refractivity contribution in [3.63, 3.8) is 0 Å². The van der Waals surface area contributed by atoms with Gasteiger partial charge in [-0.25, -0.2) is 0 Å². The van der Waals surface area contributed by atoms with Gasteiger partial charge in [0.1, 0.15) is 6.10 Å². The van der Waals surface area contributed by atoms with Crippen molar-refractivity contribution in [1.29, 1.82) is 0 Å². The first-order chi connectivity index (χ1) is 7.09. The van der Waals surface area contributed by atoms with Crippen LogP contribution in [0.2, 0.25) is 0 Å². The van der Waals surface area contributed by atoms with Crippen LogP contribution in [0.15, 0.2) is 0 Å². The van der Waals surface area contributed by atoms with E-state index in [1.807, 2.05) is 27.7 Å². The molecule has 0 aromatic carbocycles. The molecule has 0 bridgehead atoms. The molecule has 1 fully saturated rings. The lowest BCUT2D eigenvalue weighted by Crippen LogP contribution is -2.29. The van der Waals surface area contributed by atoms with E-state index < -0.39 is 0 Å². The summed E-state index contributed by atoms with van der Waals surface area (Å²) in [6.07, 6.45) is 2.51. The number of hydrogen-bond acceptors (Lipinski definition) is 3. The molecule has 2 atom stereocenters. The van der Waals surface area contributed by atoms with E-state index in [-0.39, 0.29) is 24.1 Å². The van der Waals surface area contributed by atoms with E-state index in [9.17, 15) is 9.90 Å². The zero-order valence-corrected chi connectivity index (χ0v) is 10.3. The molecule has 0 aromatic rings. The first-order valence-corrected chi connectivity index (χ1v) is 5.97. The molecule has 0 aromatic heterocycles. The molecule has 1 rings (SSSR count). The molecular weight excluding hydrogens is 192 g/mol. The Bertz CT molecular complexity index is 178. The Labute approximate surface area is 92.8 Å². The maximum atomic E-state index is 10.9. The topological polar surface area (TPSA) is 46.5 Å². The Balaban J connectivity index is 0.000000921. The molecule has 0 saturated carbocycles. The Morgan fingerprint density at radius 3 is 2.53 bits per heavy atom. The predicted molar refractivity (Wildman–Crippen MR) is 60.5 cm³/mol. The molecule has 1 N–H and O–H groups in total. The second-order valence-corrected chi connectivity index (χ2v) is 4.05. The summed E-state index contributed by atoms with van der Waals surface area (Å²) in [5.41, 5.74) is 0. The van der Waals surface area contributed by atoms with E-state index in [1.165, 1.54) is 0 Å². The minimum atomic E-state index is -0.351. The molecule has 1 aliphatic rings. The molecule has 0 spiro atoms.